The third kappa shape index (κ3) is 3.09. The Morgan fingerprint density at radius 1 is 0.788 bits per heavy atom. The summed E-state index contributed by atoms with van der Waals surface area (Å²) in [7, 11) is 0. The molecule has 188 valence electrons. The summed E-state index contributed by atoms with van der Waals surface area (Å²) in [4.78, 5) is 12.9. The molecule has 0 aromatic heterocycles. The number of carbonyl (C=O) groups excluding carboxylic acids is 1. The van der Waals surface area contributed by atoms with Crippen LogP contribution < -0.4 is 0 Å². The van der Waals surface area contributed by atoms with E-state index in [1.165, 1.54) is 38.5 Å². The van der Waals surface area contributed by atoms with Crippen molar-refractivity contribution in [3.8, 4) is 0 Å². The minimum Gasteiger partial charge on any atom is -0.388 e. The number of ether oxygens (including phenoxy) is 1. The highest BCUT2D eigenvalue weighted by Crippen LogP contribution is 2.75. The summed E-state index contributed by atoms with van der Waals surface area (Å²) >= 11 is 0. The normalized spacial score (nSPS) is 54.0. The van der Waals surface area contributed by atoms with Crippen LogP contribution in [0.3, 0.4) is 0 Å². The van der Waals surface area contributed by atoms with Crippen LogP contribution >= 0.6 is 0 Å². The van der Waals surface area contributed by atoms with Crippen molar-refractivity contribution in [2.45, 2.75) is 137 Å². The highest BCUT2D eigenvalue weighted by Gasteiger charge is 2.70. The van der Waals surface area contributed by atoms with Crippen LogP contribution in [0.25, 0.3) is 0 Å². The minimum absolute atomic E-state index is 0.0439. The maximum atomic E-state index is 12.9. The predicted octanol–water partition coefficient (Wildman–Crippen LogP) is 6.95. The largest absolute Gasteiger partial charge is 0.388 e. The molecule has 1 N–H and O–H groups in total. The maximum Gasteiger partial charge on any atom is 0.138 e. The SMILES string of the molecule is CC(C)(O)[C@@H]1CC[C@](C)([C@H]2CC[C@]3(C)[C@@H]2CC[C@@H]2[C@@]4(C)CCC(=O)C(C)(C)[C@@H]4CC[C@]23C)O1. The van der Waals surface area contributed by atoms with Gasteiger partial charge in [-0.25, -0.2) is 0 Å². The summed E-state index contributed by atoms with van der Waals surface area (Å²) in [5.74, 6) is 3.06. The minimum atomic E-state index is -0.762. The molecular formula is C30H50O3. The summed E-state index contributed by atoms with van der Waals surface area (Å²) in [5.41, 5.74) is -0.0493. The van der Waals surface area contributed by atoms with Crippen molar-refractivity contribution in [2.24, 2.45) is 45.3 Å². The Balaban J connectivity index is 1.45. The van der Waals surface area contributed by atoms with Crippen molar-refractivity contribution in [1.29, 1.82) is 0 Å². The van der Waals surface area contributed by atoms with Crippen LogP contribution in [0.2, 0.25) is 0 Å². The molecular weight excluding hydrogens is 408 g/mol. The first-order valence-corrected chi connectivity index (χ1v) is 14.0. The summed E-state index contributed by atoms with van der Waals surface area (Å²) in [6, 6.07) is 0. The molecule has 0 radical (unpaired) electrons. The van der Waals surface area contributed by atoms with Gasteiger partial charge in [-0.1, -0.05) is 34.6 Å². The second-order valence-corrected chi connectivity index (χ2v) is 15.1. The fraction of sp³-hybridized carbons (Fsp3) is 0.967. The van der Waals surface area contributed by atoms with Gasteiger partial charge in [0.25, 0.3) is 0 Å². The second kappa shape index (κ2) is 7.09. The number of carbonyl (C=O) groups is 1. The molecule has 1 heterocycles. The van der Waals surface area contributed by atoms with Crippen molar-refractivity contribution in [3.63, 3.8) is 0 Å². The molecule has 0 bridgehead atoms. The second-order valence-electron chi connectivity index (χ2n) is 15.1. The van der Waals surface area contributed by atoms with Gasteiger partial charge in [-0.2, -0.15) is 0 Å². The van der Waals surface area contributed by atoms with E-state index in [0.717, 1.165) is 31.6 Å². The van der Waals surface area contributed by atoms with Crippen LogP contribution in [0, 0.1) is 45.3 Å². The van der Waals surface area contributed by atoms with Gasteiger partial charge in [-0.05, 0) is 118 Å². The van der Waals surface area contributed by atoms with Gasteiger partial charge in [-0.15, -0.1) is 0 Å². The van der Waals surface area contributed by atoms with Crippen LogP contribution in [0.4, 0.5) is 0 Å². The van der Waals surface area contributed by atoms with Crippen LogP contribution in [-0.2, 0) is 9.53 Å². The number of rotatable bonds is 2. The maximum absolute atomic E-state index is 12.9. The fourth-order valence-electron chi connectivity index (χ4n) is 10.9. The lowest BCUT2D eigenvalue weighted by Gasteiger charge is -2.69. The Kier molecular flexibility index (Phi) is 5.22. The first-order chi connectivity index (χ1) is 15.1. The first kappa shape index (κ1) is 24.3. The standard InChI is InChI=1S/C30H50O3/c1-25(2)21-12-17-29(7)22(27(21,5)15-13-23(25)31)10-9-19-20(11-16-28(19,29)6)30(8)18-14-24(33-30)26(3,4)32/h19-22,24,32H,9-18H2,1-8H3/t19-,20+,21+,22-,24+,27+,28-,29-,30-/m1/s1. The molecule has 0 unspecified atom stereocenters. The van der Waals surface area contributed by atoms with Crippen molar-refractivity contribution >= 4 is 5.78 Å². The molecule has 5 rings (SSSR count). The molecule has 0 spiro atoms. The van der Waals surface area contributed by atoms with Crippen molar-refractivity contribution in [3.05, 3.63) is 0 Å². The van der Waals surface area contributed by atoms with E-state index in [-0.39, 0.29) is 22.5 Å². The molecule has 9 atom stereocenters. The lowest BCUT2D eigenvalue weighted by Crippen LogP contribution is -2.63. The Labute approximate surface area is 202 Å². The molecule has 3 nitrogen and oxygen atoms in total. The van der Waals surface area contributed by atoms with E-state index in [1.54, 1.807) is 0 Å². The van der Waals surface area contributed by atoms with E-state index in [2.05, 4.69) is 41.5 Å². The Morgan fingerprint density at radius 2 is 1.45 bits per heavy atom. The summed E-state index contributed by atoms with van der Waals surface area (Å²) in [5, 5.41) is 10.6. The first-order valence-electron chi connectivity index (χ1n) is 14.0. The van der Waals surface area contributed by atoms with Crippen molar-refractivity contribution in [2.75, 3.05) is 0 Å². The zero-order valence-corrected chi connectivity index (χ0v) is 22.7. The number of hydrogen-bond donors (Lipinski definition) is 1. The monoisotopic (exact) mass is 458 g/mol. The Hall–Kier alpha value is -0.410. The van der Waals surface area contributed by atoms with E-state index >= 15 is 0 Å². The van der Waals surface area contributed by atoms with Crippen LogP contribution in [-0.4, -0.2) is 28.2 Å². The molecule has 1 aliphatic heterocycles. The summed E-state index contributed by atoms with van der Waals surface area (Å²) in [6.07, 6.45) is 11.6. The van der Waals surface area contributed by atoms with Gasteiger partial charge < -0.3 is 9.84 Å². The third-order valence-electron chi connectivity index (χ3n) is 13.0. The molecule has 4 saturated carbocycles. The van der Waals surface area contributed by atoms with Gasteiger partial charge in [0.1, 0.15) is 5.78 Å². The number of Topliss-reactive ketones (excluding diaryl/α,β-unsaturated/α-hetero) is 1. The van der Waals surface area contributed by atoms with E-state index in [1.807, 2.05) is 13.8 Å². The fourth-order valence-corrected chi connectivity index (χ4v) is 10.9. The van der Waals surface area contributed by atoms with Crippen LogP contribution in [0.15, 0.2) is 0 Å². The van der Waals surface area contributed by atoms with Gasteiger partial charge in [-0.3, -0.25) is 4.79 Å². The predicted molar refractivity (Wildman–Crippen MR) is 133 cm³/mol. The molecule has 5 aliphatic rings. The third-order valence-corrected chi connectivity index (χ3v) is 13.0. The average Bonchev–Trinajstić information content (AvgIpc) is 3.27. The van der Waals surface area contributed by atoms with Gasteiger partial charge >= 0.3 is 0 Å². The summed E-state index contributed by atoms with van der Waals surface area (Å²) in [6.45, 7) is 18.5. The van der Waals surface area contributed by atoms with Crippen LogP contribution in [0.1, 0.15) is 120 Å². The van der Waals surface area contributed by atoms with Gasteiger partial charge in [0.2, 0.25) is 0 Å². The molecule has 4 aliphatic carbocycles. The van der Waals surface area contributed by atoms with Gasteiger partial charge in [0.15, 0.2) is 0 Å². The summed E-state index contributed by atoms with van der Waals surface area (Å²) < 4.78 is 6.72. The Bertz CT molecular complexity index is 825. The lowest BCUT2D eigenvalue weighted by atomic mass is 9.35. The number of fused-ring (bicyclic) bond motifs is 5. The van der Waals surface area contributed by atoms with Crippen molar-refractivity contribution in [1.82, 2.24) is 0 Å². The average molecular weight is 459 g/mol. The Morgan fingerprint density at radius 3 is 2.09 bits per heavy atom. The molecule has 0 aromatic carbocycles. The van der Waals surface area contributed by atoms with Crippen LogP contribution in [0.5, 0.6) is 0 Å². The van der Waals surface area contributed by atoms with E-state index in [9.17, 15) is 9.90 Å². The van der Waals surface area contributed by atoms with E-state index in [4.69, 9.17) is 4.74 Å². The lowest BCUT2D eigenvalue weighted by molar-refractivity contribution is -0.210. The molecule has 5 fully saturated rings. The molecule has 1 saturated heterocycles. The van der Waals surface area contributed by atoms with Gasteiger partial charge in [0.05, 0.1) is 17.3 Å². The number of aliphatic hydroxyl groups is 1. The highest BCUT2D eigenvalue weighted by molar-refractivity contribution is 5.85. The molecule has 3 heteroatoms. The van der Waals surface area contributed by atoms with Crippen molar-refractivity contribution < 1.29 is 14.6 Å². The number of hydrogen-bond acceptors (Lipinski definition) is 3. The highest BCUT2D eigenvalue weighted by atomic mass is 16.5. The molecule has 0 aromatic rings. The molecule has 33 heavy (non-hydrogen) atoms. The van der Waals surface area contributed by atoms with E-state index < -0.39 is 5.60 Å². The topological polar surface area (TPSA) is 46.5 Å². The van der Waals surface area contributed by atoms with Gasteiger partial charge in [0, 0.05) is 11.8 Å². The zero-order valence-electron chi connectivity index (χ0n) is 22.7. The number of ketones is 1. The smallest absolute Gasteiger partial charge is 0.138 e. The molecule has 0 amide bonds. The van der Waals surface area contributed by atoms with E-state index in [0.29, 0.717) is 34.4 Å². The quantitative estimate of drug-likeness (QED) is 0.487. The zero-order chi connectivity index (χ0) is 24.2.